The number of imidazole rings is 1. The van der Waals surface area contributed by atoms with Crippen LogP contribution in [-0.2, 0) is 4.79 Å². The van der Waals surface area contributed by atoms with E-state index in [4.69, 9.17) is 0 Å². The quantitative estimate of drug-likeness (QED) is 0.353. The molecule has 0 aliphatic heterocycles. The Morgan fingerprint density at radius 3 is 2.23 bits per heavy atom. The van der Waals surface area contributed by atoms with Crippen molar-refractivity contribution >= 4 is 28.7 Å². The van der Waals surface area contributed by atoms with E-state index in [1.807, 2.05) is 60.7 Å². The molecule has 0 aliphatic rings. The molecule has 158 valence electrons. The van der Waals surface area contributed by atoms with Crippen LogP contribution in [0.1, 0.15) is 36.2 Å². The molecule has 0 aliphatic carbocycles. The van der Waals surface area contributed by atoms with Gasteiger partial charge in [-0.2, -0.15) is 8.78 Å². The maximum absolute atomic E-state index is 13.8. The zero-order valence-electron chi connectivity index (χ0n) is 16.8. The number of thioether (sulfide) groups is 1. The van der Waals surface area contributed by atoms with Gasteiger partial charge < -0.3 is 5.32 Å². The predicted molar refractivity (Wildman–Crippen MR) is 119 cm³/mol. The van der Waals surface area contributed by atoms with Gasteiger partial charge in [0.2, 0.25) is 5.91 Å². The van der Waals surface area contributed by atoms with Crippen LogP contribution in [0.25, 0.3) is 11.0 Å². The van der Waals surface area contributed by atoms with Crippen LogP contribution in [0.2, 0.25) is 0 Å². The Bertz CT molecular complexity index is 1170. The molecule has 0 radical (unpaired) electrons. The van der Waals surface area contributed by atoms with Gasteiger partial charge in [-0.05, 0) is 36.8 Å². The first-order valence-corrected chi connectivity index (χ1v) is 10.7. The summed E-state index contributed by atoms with van der Waals surface area (Å²) >= 11 is 1.42. The van der Waals surface area contributed by atoms with Crippen LogP contribution in [0, 0.1) is 0 Å². The number of amides is 1. The number of rotatable bonds is 7. The SMILES string of the molecule is CC(NC(=O)C(Sc1ccccc1)c1ccccc1)c1nc2ccccc2n1C(F)F. The van der Waals surface area contributed by atoms with Gasteiger partial charge in [0.05, 0.1) is 17.1 Å². The van der Waals surface area contributed by atoms with Crippen molar-refractivity contribution in [2.24, 2.45) is 0 Å². The minimum Gasteiger partial charge on any atom is -0.345 e. The molecule has 4 rings (SSSR count). The molecule has 0 fully saturated rings. The van der Waals surface area contributed by atoms with Crippen LogP contribution in [0.3, 0.4) is 0 Å². The monoisotopic (exact) mass is 437 g/mol. The molecule has 0 bridgehead atoms. The lowest BCUT2D eigenvalue weighted by Crippen LogP contribution is -2.32. The molecule has 0 spiro atoms. The third kappa shape index (κ3) is 4.61. The van der Waals surface area contributed by atoms with E-state index in [1.54, 1.807) is 31.2 Å². The van der Waals surface area contributed by atoms with E-state index in [2.05, 4.69) is 10.3 Å². The zero-order chi connectivity index (χ0) is 21.8. The molecule has 4 nitrogen and oxygen atoms in total. The third-order valence-electron chi connectivity index (χ3n) is 4.90. The van der Waals surface area contributed by atoms with Crippen molar-refractivity contribution in [1.82, 2.24) is 14.9 Å². The van der Waals surface area contributed by atoms with E-state index in [0.29, 0.717) is 11.0 Å². The summed E-state index contributed by atoms with van der Waals surface area (Å²) in [6.45, 7) is -1.09. The zero-order valence-corrected chi connectivity index (χ0v) is 17.6. The van der Waals surface area contributed by atoms with E-state index in [-0.39, 0.29) is 11.7 Å². The standard InChI is InChI=1S/C24H21F2N3OS/c1-16(22-28-19-14-8-9-15-20(19)29(22)24(25)26)27-23(30)21(17-10-4-2-5-11-17)31-18-12-6-3-7-13-18/h2-16,21,24H,1H3,(H,27,30). The number of nitrogens with one attached hydrogen (secondary N) is 1. The van der Waals surface area contributed by atoms with Crippen molar-refractivity contribution < 1.29 is 13.6 Å². The van der Waals surface area contributed by atoms with Gasteiger partial charge in [-0.15, -0.1) is 11.8 Å². The highest BCUT2D eigenvalue weighted by Crippen LogP contribution is 2.36. The Hall–Kier alpha value is -3.19. The first-order chi connectivity index (χ1) is 15.0. The minimum absolute atomic E-state index is 0.126. The lowest BCUT2D eigenvalue weighted by molar-refractivity contribution is -0.121. The number of halogens is 2. The lowest BCUT2D eigenvalue weighted by Gasteiger charge is -2.21. The topological polar surface area (TPSA) is 46.9 Å². The van der Waals surface area contributed by atoms with Crippen molar-refractivity contribution in [1.29, 1.82) is 0 Å². The molecule has 0 saturated carbocycles. The average molecular weight is 438 g/mol. The number of carbonyl (C=O) groups excluding carboxylic acids is 1. The van der Waals surface area contributed by atoms with Crippen LogP contribution in [0.5, 0.6) is 0 Å². The Labute approximate surface area is 183 Å². The molecular weight excluding hydrogens is 416 g/mol. The van der Waals surface area contributed by atoms with Crippen molar-refractivity contribution in [3.8, 4) is 0 Å². The molecule has 0 saturated heterocycles. The van der Waals surface area contributed by atoms with E-state index < -0.39 is 17.8 Å². The summed E-state index contributed by atoms with van der Waals surface area (Å²) in [4.78, 5) is 18.6. The largest absolute Gasteiger partial charge is 0.345 e. The van der Waals surface area contributed by atoms with Crippen LogP contribution in [0.4, 0.5) is 8.78 Å². The summed E-state index contributed by atoms with van der Waals surface area (Å²) in [5.41, 5.74) is 1.65. The van der Waals surface area contributed by atoms with Crippen LogP contribution >= 0.6 is 11.8 Å². The maximum Gasteiger partial charge on any atom is 0.320 e. The van der Waals surface area contributed by atoms with Gasteiger partial charge in [-0.1, -0.05) is 60.7 Å². The van der Waals surface area contributed by atoms with Crippen LogP contribution in [0.15, 0.2) is 89.8 Å². The van der Waals surface area contributed by atoms with Crippen molar-refractivity contribution in [3.63, 3.8) is 0 Å². The minimum atomic E-state index is -2.76. The number of nitrogens with zero attached hydrogens (tertiary/aromatic N) is 2. The lowest BCUT2D eigenvalue weighted by atomic mass is 10.1. The van der Waals surface area contributed by atoms with Gasteiger partial charge in [-0.3, -0.25) is 9.36 Å². The molecule has 1 N–H and O–H groups in total. The van der Waals surface area contributed by atoms with Gasteiger partial charge in [0.1, 0.15) is 11.1 Å². The smallest absolute Gasteiger partial charge is 0.320 e. The Balaban J connectivity index is 1.63. The second-order valence-corrected chi connectivity index (χ2v) is 8.24. The molecule has 7 heteroatoms. The van der Waals surface area contributed by atoms with E-state index in [9.17, 15) is 13.6 Å². The predicted octanol–water partition coefficient (Wildman–Crippen LogP) is 6.14. The van der Waals surface area contributed by atoms with Gasteiger partial charge in [0.15, 0.2) is 0 Å². The van der Waals surface area contributed by atoms with E-state index >= 15 is 0 Å². The molecule has 1 aromatic heterocycles. The van der Waals surface area contributed by atoms with E-state index in [1.165, 1.54) is 11.8 Å². The summed E-state index contributed by atoms with van der Waals surface area (Å²) in [5.74, 6) is -0.138. The fourth-order valence-electron chi connectivity index (χ4n) is 3.46. The fraction of sp³-hybridized carbons (Fsp3) is 0.167. The summed E-state index contributed by atoms with van der Waals surface area (Å²) < 4.78 is 28.5. The fourth-order valence-corrected chi connectivity index (χ4v) is 4.52. The van der Waals surface area contributed by atoms with Crippen molar-refractivity contribution in [2.45, 2.75) is 29.7 Å². The van der Waals surface area contributed by atoms with Crippen molar-refractivity contribution in [2.75, 3.05) is 0 Å². The van der Waals surface area contributed by atoms with Gasteiger partial charge >= 0.3 is 6.55 Å². The normalized spacial score (nSPS) is 13.3. The summed E-state index contributed by atoms with van der Waals surface area (Å²) in [7, 11) is 0. The maximum atomic E-state index is 13.8. The van der Waals surface area contributed by atoms with Crippen LogP contribution in [-0.4, -0.2) is 15.5 Å². The Morgan fingerprint density at radius 1 is 0.935 bits per heavy atom. The van der Waals surface area contributed by atoms with Gasteiger partial charge in [0.25, 0.3) is 0 Å². The number of hydrogen-bond acceptors (Lipinski definition) is 3. The van der Waals surface area contributed by atoms with Crippen LogP contribution < -0.4 is 5.32 Å². The molecule has 4 aromatic rings. The molecule has 2 unspecified atom stereocenters. The highest BCUT2D eigenvalue weighted by atomic mass is 32.2. The molecule has 1 heterocycles. The second kappa shape index (κ2) is 9.31. The number of aromatic nitrogens is 2. The average Bonchev–Trinajstić information content (AvgIpc) is 3.19. The van der Waals surface area contributed by atoms with Crippen molar-refractivity contribution in [3.05, 3.63) is 96.3 Å². The van der Waals surface area contributed by atoms with Gasteiger partial charge in [0, 0.05) is 4.90 Å². The third-order valence-corrected chi connectivity index (χ3v) is 6.17. The number of hydrogen-bond donors (Lipinski definition) is 1. The number of carbonyl (C=O) groups is 1. The molecule has 2 atom stereocenters. The summed E-state index contributed by atoms with van der Waals surface area (Å²) in [6, 6.07) is 25.1. The van der Waals surface area contributed by atoms with Gasteiger partial charge in [-0.25, -0.2) is 4.98 Å². The first kappa shape index (κ1) is 21.1. The second-order valence-electron chi connectivity index (χ2n) is 7.06. The number of fused-ring (bicyclic) bond motifs is 1. The first-order valence-electron chi connectivity index (χ1n) is 9.86. The number of para-hydroxylation sites is 2. The van der Waals surface area contributed by atoms with E-state index in [0.717, 1.165) is 15.0 Å². The number of alkyl halides is 2. The summed E-state index contributed by atoms with van der Waals surface area (Å²) in [5, 5.41) is 2.36. The Morgan fingerprint density at radius 2 is 1.55 bits per heavy atom. The molecule has 31 heavy (non-hydrogen) atoms. The summed E-state index contributed by atoms with van der Waals surface area (Å²) in [6.07, 6.45) is 0. The molecule has 3 aromatic carbocycles. The molecular formula is C24H21F2N3OS. The number of benzene rings is 3. The highest BCUT2D eigenvalue weighted by Gasteiger charge is 2.27. The molecule has 1 amide bonds. The highest BCUT2D eigenvalue weighted by molar-refractivity contribution is 8.00. The Kier molecular flexibility index (Phi) is 6.32.